The Bertz CT molecular complexity index is 1020. The predicted molar refractivity (Wildman–Crippen MR) is 150 cm³/mol. The predicted octanol–water partition coefficient (Wildman–Crippen LogP) is 2.46. The zero-order valence-electron chi connectivity index (χ0n) is 23.0. The van der Waals surface area contributed by atoms with Gasteiger partial charge in [-0.15, -0.1) is 0 Å². The summed E-state index contributed by atoms with van der Waals surface area (Å²) in [5.74, 6) is 0.141. The minimum Gasteiger partial charge on any atom is -0.466 e. The van der Waals surface area contributed by atoms with Gasteiger partial charge in [-0.05, 0) is 83.4 Å². The highest BCUT2D eigenvalue weighted by molar-refractivity contribution is 5.82. The molecule has 0 aromatic carbocycles. The molecule has 2 aliphatic heterocycles. The van der Waals surface area contributed by atoms with Crippen LogP contribution >= 0.6 is 0 Å². The molecule has 0 radical (unpaired) electrons. The Morgan fingerprint density at radius 2 is 1.46 bits per heavy atom. The summed E-state index contributed by atoms with van der Waals surface area (Å²) in [4.78, 5) is 42.9. The minimum atomic E-state index is -0.0504. The van der Waals surface area contributed by atoms with E-state index in [2.05, 4.69) is 20.2 Å². The zero-order chi connectivity index (χ0) is 28.5. The van der Waals surface area contributed by atoms with Crippen molar-refractivity contribution in [2.75, 3.05) is 50.9 Å². The summed E-state index contributed by atoms with van der Waals surface area (Å²) < 4.78 is 9.98. The maximum Gasteiger partial charge on any atom is 0.309 e. The van der Waals surface area contributed by atoms with Gasteiger partial charge in [0.2, 0.25) is 0 Å². The molecule has 214 valence electrons. The second-order valence-electron chi connectivity index (χ2n) is 9.28. The number of piperidine rings is 2. The molecule has 2 aliphatic rings. The van der Waals surface area contributed by atoms with E-state index in [1.807, 2.05) is 19.9 Å². The van der Waals surface area contributed by atoms with Crippen molar-refractivity contribution in [1.29, 1.82) is 0 Å². The molecule has 11 heteroatoms. The number of aldehydes is 1. The molecule has 4 rings (SSSR count). The first-order chi connectivity index (χ1) is 18.9. The summed E-state index contributed by atoms with van der Waals surface area (Å²) in [5, 5.41) is 3.20. The molecule has 0 unspecified atom stereocenters. The molecular weight excluding hydrogens is 500 g/mol. The van der Waals surface area contributed by atoms with E-state index < -0.39 is 0 Å². The van der Waals surface area contributed by atoms with Crippen molar-refractivity contribution >= 4 is 29.6 Å². The number of nitrogens with one attached hydrogen (secondary N) is 1. The fraction of sp³-hybridized carbons (Fsp3) is 0.536. The monoisotopic (exact) mass is 542 g/mol. The Labute approximate surface area is 230 Å². The molecular formula is C28H42N6O5. The second-order valence-corrected chi connectivity index (χ2v) is 9.28. The topological polar surface area (TPSA) is 163 Å². The number of likely N-dealkylation sites (tertiary alicyclic amines) is 1. The second kappa shape index (κ2) is 17.8. The Hall–Kier alpha value is -3.57. The molecule has 0 bridgehead atoms. The highest BCUT2D eigenvalue weighted by Gasteiger charge is 2.26. The molecule has 2 aromatic heterocycles. The lowest BCUT2D eigenvalue weighted by Crippen LogP contribution is -2.36. The fourth-order valence-electron chi connectivity index (χ4n) is 4.25. The van der Waals surface area contributed by atoms with E-state index in [0.29, 0.717) is 30.8 Å². The Morgan fingerprint density at radius 1 is 0.923 bits per heavy atom. The molecule has 5 N–H and O–H groups in total. The van der Waals surface area contributed by atoms with Crippen molar-refractivity contribution in [3.05, 3.63) is 48.0 Å². The van der Waals surface area contributed by atoms with Crippen LogP contribution in [0.25, 0.3) is 0 Å². The van der Waals surface area contributed by atoms with E-state index in [-0.39, 0.29) is 23.8 Å². The highest BCUT2D eigenvalue weighted by atomic mass is 16.5. The number of aromatic nitrogens is 2. The van der Waals surface area contributed by atoms with Crippen LogP contribution in [0.3, 0.4) is 0 Å². The van der Waals surface area contributed by atoms with Crippen LogP contribution in [0, 0.1) is 11.8 Å². The molecule has 0 atom stereocenters. The molecule has 0 spiro atoms. The van der Waals surface area contributed by atoms with Crippen LogP contribution in [0.5, 0.6) is 0 Å². The molecule has 2 fully saturated rings. The quantitative estimate of drug-likeness (QED) is 0.348. The number of carbonyl (C=O) groups is 3. The number of pyridine rings is 2. The minimum absolute atomic E-state index is 0.0194. The van der Waals surface area contributed by atoms with E-state index in [4.69, 9.17) is 20.9 Å². The van der Waals surface area contributed by atoms with E-state index in [1.54, 1.807) is 18.5 Å². The zero-order valence-corrected chi connectivity index (χ0v) is 23.0. The summed E-state index contributed by atoms with van der Waals surface area (Å²) in [6.45, 7) is 9.20. The number of ether oxygens (including phenoxy) is 2. The molecule has 0 saturated carbocycles. The normalized spacial score (nSPS) is 16.1. The van der Waals surface area contributed by atoms with E-state index in [1.165, 1.54) is 12.4 Å². The summed E-state index contributed by atoms with van der Waals surface area (Å²) in [5.41, 5.74) is 14.0. The van der Waals surface area contributed by atoms with E-state index >= 15 is 0 Å². The number of carbonyl (C=O) groups excluding carboxylic acids is 3. The van der Waals surface area contributed by atoms with Gasteiger partial charge in [-0.1, -0.05) is 0 Å². The highest BCUT2D eigenvalue weighted by Crippen LogP contribution is 2.21. The van der Waals surface area contributed by atoms with Crippen molar-refractivity contribution in [3.8, 4) is 0 Å². The van der Waals surface area contributed by atoms with Gasteiger partial charge < -0.3 is 26.3 Å². The molecule has 2 aromatic rings. The molecule has 0 amide bonds. The third kappa shape index (κ3) is 11.4. The first-order valence-corrected chi connectivity index (χ1v) is 13.5. The van der Waals surface area contributed by atoms with Gasteiger partial charge >= 0.3 is 11.9 Å². The summed E-state index contributed by atoms with van der Waals surface area (Å²) >= 11 is 0. The van der Waals surface area contributed by atoms with Crippen LogP contribution < -0.4 is 16.8 Å². The van der Waals surface area contributed by atoms with Gasteiger partial charge in [0.25, 0.3) is 0 Å². The smallest absolute Gasteiger partial charge is 0.309 e. The van der Waals surface area contributed by atoms with Gasteiger partial charge in [0.05, 0.1) is 48.8 Å². The number of anilines is 2. The molecule has 11 nitrogen and oxygen atoms in total. The van der Waals surface area contributed by atoms with Crippen molar-refractivity contribution in [1.82, 2.24) is 20.2 Å². The Kier molecular flexibility index (Phi) is 14.5. The SMILES string of the molecule is CCOC(=O)C1CCN(Cc2ccncc2N)CC1.CCOC(=O)C1CCNCC1.Nc1cnccc1C=O. The third-order valence-electron chi connectivity index (χ3n) is 6.52. The number of hydrogen-bond acceptors (Lipinski definition) is 11. The Morgan fingerprint density at radius 3 is 1.95 bits per heavy atom. The summed E-state index contributed by atoms with van der Waals surface area (Å²) in [6.07, 6.45) is 10.7. The first kappa shape index (κ1) is 31.6. The van der Waals surface area contributed by atoms with Crippen LogP contribution in [0.4, 0.5) is 11.4 Å². The van der Waals surface area contributed by atoms with Crippen molar-refractivity contribution < 1.29 is 23.9 Å². The van der Waals surface area contributed by atoms with Crippen LogP contribution in [-0.4, -0.2) is 72.5 Å². The maximum absolute atomic E-state index is 11.6. The lowest BCUT2D eigenvalue weighted by atomic mass is 9.96. The largest absolute Gasteiger partial charge is 0.466 e. The summed E-state index contributed by atoms with van der Waals surface area (Å²) in [7, 11) is 0. The van der Waals surface area contributed by atoms with Gasteiger partial charge in [-0.25, -0.2) is 0 Å². The number of nitrogen functional groups attached to an aromatic ring is 2. The van der Waals surface area contributed by atoms with Crippen LogP contribution in [0.1, 0.15) is 55.5 Å². The lowest BCUT2D eigenvalue weighted by Gasteiger charge is -2.31. The van der Waals surface area contributed by atoms with E-state index in [0.717, 1.165) is 69.7 Å². The molecule has 39 heavy (non-hydrogen) atoms. The van der Waals surface area contributed by atoms with Gasteiger partial charge in [0, 0.05) is 24.5 Å². The van der Waals surface area contributed by atoms with Crippen molar-refractivity contribution in [3.63, 3.8) is 0 Å². The number of esters is 2. The van der Waals surface area contributed by atoms with Crippen LogP contribution in [0.15, 0.2) is 36.9 Å². The lowest BCUT2D eigenvalue weighted by molar-refractivity contribution is -0.150. The van der Waals surface area contributed by atoms with Gasteiger partial charge in [0.15, 0.2) is 6.29 Å². The first-order valence-electron chi connectivity index (χ1n) is 13.5. The molecule has 4 heterocycles. The van der Waals surface area contributed by atoms with Crippen molar-refractivity contribution in [2.24, 2.45) is 11.8 Å². The van der Waals surface area contributed by atoms with Crippen LogP contribution in [0.2, 0.25) is 0 Å². The summed E-state index contributed by atoms with van der Waals surface area (Å²) in [6, 6.07) is 3.52. The van der Waals surface area contributed by atoms with Gasteiger partial charge in [-0.2, -0.15) is 0 Å². The Balaban J connectivity index is 0.000000226. The number of nitrogens with two attached hydrogens (primary N) is 2. The van der Waals surface area contributed by atoms with Gasteiger partial charge in [-0.3, -0.25) is 29.3 Å². The molecule has 0 aliphatic carbocycles. The average molecular weight is 543 g/mol. The van der Waals surface area contributed by atoms with Crippen LogP contribution in [-0.2, 0) is 25.6 Å². The third-order valence-corrected chi connectivity index (χ3v) is 6.52. The number of hydrogen-bond donors (Lipinski definition) is 3. The average Bonchev–Trinajstić information content (AvgIpc) is 2.96. The number of rotatable bonds is 7. The molecule has 2 saturated heterocycles. The fourth-order valence-corrected chi connectivity index (χ4v) is 4.25. The maximum atomic E-state index is 11.6. The number of nitrogens with zero attached hydrogens (tertiary/aromatic N) is 3. The van der Waals surface area contributed by atoms with Gasteiger partial charge in [0.1, 0.15) is 0 Å². The van der Waals surface area contributed by atoms with Crippen molar-refractivity contribution in [2.45, 2.75) is 46.1 Å². The standard InChI is InChI=1S/C14H21N3O2.C8H15NO2.C6H6N2O/c1-2-19-14(18)11-4-7-17(8-5-11)10-12-3-6-16-9-13(12)15;1-2-11-8(10)7-3-5-9-6-4-7;7-6-3-8-2-1-5(6)4-9/h3,6,9,11H,2,4-5,7-8,10,15H2,1H3;7,9H,2-6H2,1H3;1-4H,7H2. The van der Waals surface area contributed by atoms with E-state index in [9.17, 15) is 14.4 Å².